The molecule has 0 bridgehead atoms. The van der Waals surface area contributed by atoms with Crippen LogP contribution in [-0.4, -0.2) is 45.5 Å². The van der Waals surface area contributed by atoms with Gasteiger partial charge in [0.25, 0.3) is 5.91 Å². The van der Waals surface area contributed by atoms with Crippen molar-refractivity contribution in [3.8, 4) is 5.69 Å². The van der Waals surface area contributed by atoms with Crippen LogP contribution in [0.15, 0.2) is 30.5 Å². The molecule has 2 N–H and O–H groups in total. The lowest BCUT2D eigenvalue weighted by molar-refractivity contribution is -0.144. The van der Waals surface area contributed by atoms with Gasteiger partial charge in [-0.3, -0.25) is 4.79 Å². The molecule has 1 aromatic carbocycles. The summed E-state index contributed by atoms with van der Waals surface area (Å²) in [6, 6.07) is 4.53. The highest BCUT2D eigenvalue weighted by atomic mass is 19.4. The zero-order valence-corrected chi connectivity index (χ0v) is 14.2. The van der Waals surface area contributed by atoms with Gasteiger partial charge in [-0.25, -0.2) is 9.48 Å². The molecule has 1 amide bonds. The lowest BCUT2D eigenvalue weighted by Crippen LogP contribution is -2.55. The van der Waals surface area contributed by atoms with E-state index in [-0.39, 0.29) is 36.6 Å². The molecule has 2 aromatic rings. The van der Waals surface area contributed by atoms with Crippen molar-refractivity contribution in [2.24, 2.45) is 0 Å². The van der Waals surface area contributed by atoms with E-state index in [0.29, 0.717) is 0 Å². The minimum Gasteiger partial charge on any atom is -0.479 e. The second-order valence-electron chi connectivity index (χ2n) is 6.25. The molecule has 2 heterocycles. The van der Waals surface area contributed by atoms with E-state index in [9.17, 15) is 27.9 Å². The molecule has 0 saturated carbocycles. The van der Waals surface area contributed by atoms with E-state index in [1.807, 2.05) is 0 Å². The second kappa shape index (κ2) is 6.69. The Hall–Kier alpha value is -2.88. The number of aromatic nitrogens is 2. The van der Waals surface area contributed by atoms with Crippen molar-refractivity contribution >= 4 is 11.9 Å². The molecule has 144 valence electrons. The van der Waals surface area contributed by atoms with Crippen LogP contribution in [0.1, 0.15) is 28.0 Å². The number of rotatable bonds is 4. The lowest BCUT2D eigenvalue weighted by atomic mass is 9.98. The highest BCUT2D eigenvalue weighted by Gasteiger charge is 2.44. The average Bonchev–Trinajstić information content (AvgIpc) is 3.22. The third kappa shape index (κ3) is 3.52. The van der Waals surface area contributed by atoms with Gasteiger partial charge in [0, 0.05) is 13.0 Å². The van der Waals surface area contributed by atoms with E-state index in [2.05, 4.69) is 10.4 Å². The van der Waals surface area contributed by atoms with E-state index < -0.39 is 29.2 Å². The van der Waals surface area contributed by atoms with Gasteiger partial charge in [-0.2, -0.15) is 18.3 Å². The van der Waals surface area contributed by atoms with Gasteiger partial charge in [0.2, 0.25) is 0 Å². The summed E-state index contributed by atoms with van der Waals surface area (Å²) >= 11 is 0. The Morgan fingerprint density at radius 1 is 1.37 bits per heavy atom. The van der Waals surface area contributed by atoms with Gasteiger partial charge in [0.1, 0.15) is 0 Å². The first kappa shape index (κ1) is 18.9. The van der Waals surface area contributed by atoms with Crippen LogP contribution in [0.4, 0.5) is 13.2 Å². The maximum absolute atomic E-state index is 12.9. The van der Waals surface area contributed by atoms with Crippen molar-refractivity contribution in [1.29, 1.82) is 0 Å². The summed E-state index contributed by atoms with van der Waals surface area (Å²) in [5, 5.41) is 15.8. The molecule has 1 atom stereocenters. The summed E-state index contributed by atoms with van der Waals surface area (Å²) in [6.45, 7) is 1.56. The molecule has 0 spiro atoms. The molecule has 27 heavy (non-hydrogen) atoms. The average molecular weight is 383 g/mol. The molecule has 7 nitrogen and oxygen atoms in total. The number of carbonyl (C=O) groups excluding carboxylic acids is 1. The summed E-state index contributed by atoms with van der Waals surface area (Å²) in [4.78, 5) is 24.0. The molecule has 1 aliphatic rings. The quantitative estimate of drug-likeness (QED) is 0.844. The van der Waals surface area contributed by atoms with Crippen LogP contribution in [0.5, 0.6) is 0 Å². The molecule has 1 aliphatic heterocycles. The molecular weight excluding hydrogens is 367 g/mol. The highest BCUT2D eigenvalue weighted by molar-refractivity contribution is 5.98. The maximum Gasteiger partial charge on any atom is 0.416 e. The first-order valence-corrected chi connectivity index (χ1v) is 8.00. The number of nitrogens with one attached hydrogen (secondary N) is 1. The number of carbonyl (C=O) groups is 2. The first-order chi connectivity index (χ1) is 12.6. The number of amides is 1. The van der Waals surface area contributed by atoms with E-state index in [4.69, 9.17) is 4.74 Å². The summed E-state index contributed by atoms with van der Waals surface area (Å²) in [5.74, 6) is -1.89. The monoisotopic (exact) mass is 383 g/mol. The molecule has 1 aromatic heterocycles. The zero-order chi connectivity index (χ0) is 19.8. The van der Waals surface area contributed by atoms with E-state index in [1.165, 1.54) is 29.9 Å². The van der Waals surface area contributed by atoms with Crippen molar-refractivity contribution in [3.63, 3.8) is 0 Å². The number of hydrogen-bond acceptors (Lipinski definition) is 4. The topological polar surface area (TPSA) is 93.5 Å². The minimum absolute atomic E-state index is 0.0694. The van der Waals surface area contributed by atoms with Crippen molar-refractivity contribution in [1.82, 2.24) is 15.1 Å². The van der Waals surface area contributed by atoms with Gasteiger partial charge in [-0.1, -0.05) is 6.07 Å². The summed E-state index contributed by atoms with van der Waals surface area (Å²) in [5.41, 5.74) is -1.87. The van der Waals surface area contributed by atoms with Gasteiger partial charge >= 0.3 is 12.1 Å². The number of hydrogen-bond donors (Lipinski definition) is 2. The number of nitrogens with zero attached hydrogens (tertiary/aromatic N) is 2. The Morgan fingerprint density at radius 2 is 2.11 bits per heavy atom. The predicted molar refractivity (Wildman–Crippen MR) is 86.6 cm³/mol. The van der Waals surface area contributed by atoms with Crippen molar-refractivity contribution in [2.45, 2.75) is 25.1 Å². The van der Waals surface area contributed by atoms with E-state index in [1.54, 1.807) is 0 Å². The van der Waals surface area contributed by atoms with Crippen molar-refractivity contribution in [2.75, 3.05) is 13.2 Å². The normalized spacial score (nSPS) is 19.9. The summed E-state index contributed by atoms with van der Waals surface area (Å²) < 4.78 is 45.0. The van der Waals surface area contributed by atoms with Crippen LogP contribution in [0.25, 0.3) is 5.69 Å². The Labute approximate surface area is 151 Å². The fourth-order valence-electron chi connectivity index (χ4n) is 2.88. The standard InChI is InChI=1S/C17H16F3N3O4/c1-10-13(14(24)22-16(15(25)26)5-6-27-9-16)8-21-23(10)12-4-2-3-11(7-12)17(18,19)20/h2-4,7-8H,5-6,9H2,1H3,(H,22,24)(H,25,26). The van der Waals surface area contributed by atoms with Crippen LogP contribution in [0, 0.1) is 6.92 Å². The maximum atomic E-state index is 12.9. The highest BCUT2D eigenvalue weighted by Crippen LogP contribution is 2.30. The zero-order valence-electron chi connectivity index (χ0n) is 14.2. The van der Waals surface area contributed by atoms with Crippen LogP contribution >= 0.6 is 0 Å². The van der Waals surface area contributed by atoms with E-state index >= 15 is 0 Å². The number of carboxylic acids is 1. The molecule has 10 heteroatoms. The van der Waals surface area contributed by atoms with Gasteiger partial charge in [0.05, 0.1) is 35.3 Å². The number of aliphatic carboxylic acids is 1. The van der Waals surface area contributed by atoms with Crippen LogP contribution in [0.2, 0.25) is 0 Å². The smallest absolute Gasteiger partial charge is 0.416 e. The fourth-order valence-corrected chi connectivity index (χ4v) is 2.88. The molecule has 3 rings (SSSR count). The third-order valence-electron chi connectivity index (χ3n) is 4.46. The molecular formula is C17H16F3N3O4. The van der Waals surface area contributed by atoms with Crippen LogP contribution < -0.4 is 5.32 Å². The van der Waals surface area contributed by atoms with Crippen LogP contribution in [0.3, 0.4) is 0 Å². The number of halogens is 3. The van der Waals surface area contributed by atoms with Crippen molar-refractivity contribution in [3.05, 3.63) is 47.3 Å². The Balaban J connectivity index is 1.90. The SMILES string of the molecule is Cc1c(C(=O)NC2(C(=O)O)CCOC2)cnn1-c1cccc(C(F)(F)F)c1. The number of ether oxygens (including phenoxy) is 1. The van der Waals surface area contributed by atoms with Gasteiger partial charge < -0.3 is 15.2 Å². The first-order valence-electron chi connectivity index (χ1n) is 8.00. The predicted octanol–water partition coefficient (Wildman–Crippen LogP) is 2.17. The lowest BCUT2D eigenvalue weighted by Gasteiger charge is -2.23. The number of alkyl halides is 3. The molecule has 0 aliphatic carbocycles. The van der Waals surface area contributed by atoms with E-state index in [0.717, 1.165) is 12.1 Å². The Kier molecular flexibility index (Phi) is 4.68. The second-order valence-corrected chi connectivity index (χ2v) is 6.25. The molecule has 1 fully saturated rings. The molecule has 1 unspecified atom stereocenters. The van der Waals surface area contributed by atoms with Gasteiger partial charge in [-0.05, 0) is 25.1 Å². The Morgan fingerprint density at radius 3 is 2.70 bits per heavy atom. The summed E-state index contributed by atoms with van der Waals surface area (Å²) in [6.07, 6.45) is -3.20. The number of benzene rings is 1. The third-order valence-corrected chi connectivity index (χ3v) is 4.46. The van der Waals surface area contributed by atoms with Gasteiger partial charge in [0.15, 0.2) is 5.54 Å². The fraction of sp³-hybridized carbons (Fsp3) is 0.353. The van der Waals surface area contributed by atoms with Crippen LogP contribution in [-0.2, 0) is 15.7 Å². The largest absolute Gasteiger partial charge is 0.479 e. The summed E-state index contributed by atoms with van der Waals surface area (Å²) in [7, 11) is 0. The number of carboxylic acid groups (broad SMARTS) is 1. The minimum atomic E-state index is -4.51. The molecule has 1 saturated heterocycles. The Bertz CT molecular complexity index is 886. The van der Waals surface area contributed by atoms with Gasteiger partial charge in [-0.15, -0.1) is 0 Å². The molecule has 0 radical (unpaired) electrons. The van der Waals surface area contributed by atoms with Crippen molar-refractivity contribution < 1.29 is 32.6 Å².